The first-order valence-corrected chi connectivity index (χ1v) is 8.43. The van der Waals surface area contributed by atoms with Crippen LogP contribution in [0.2, 0.25) is 0 Å². The van der Waals surface area contributed by atoms with Crippen LogP contribution in [0.1, 0.15) is 72.1 Å². The highest BCUT2D eigenvalue weighted by atomic mass is 16.5. The third-order valence-corrected chi connectivity index (χ3v) is 5.39. The Bertz CT molecular complexity index is 324. The molecule has 3 nitrogen and oxygen atoms in total. The van der Waals surface area contributed by atoms with Gasteiger partial charge in [0.1, 0.15) is 11.6 Å². The van der Waals surface area contributed by atoms with Crippen molar-refractivity contribution in [3.63, 3.8) is 0 Å². The SMILES string of the molecule is CCC1CCC(N)(C(=O)OC2CC(C)CC(C)C2)CC1. The fourth-order valence-corrected chi connectivity index (χ4v) is 4.04. The molecule has 2 unspecified atom stereocenters. The molecule has 0 spiro atoms. The summed E-state index contributed by atoms with van der Waals surface area (Å²) in [7, 11) is 0. The van der Waals surface area contributed by atoms with Crippen molar-refractivity contribution in [1.29, 1.82) is 0 Å². The van der Waals surface area contributed by atoms with Gasteiger partial charge in [-0.05, 0) is 62.7 Å². The first kappa shape index (κ1) is 15.8. The Labute approximate surface area is 123 Å². The lowest BCUT2D eigenvalue weighted by atomic mass is 9.76. The highest BCUT2D eigenvalue weighted by molar-refractivity contribution is 5.80. The number of hydrogen-bond donors (Lipinski definition) is 1. The highest BCUT2D eigenvalue weighted by Crippen LogP contribution is 2.35. The molecule has 2 rings (SSSR count). The van der Waals surface area contributed by atoms with Crippen LogP contribution in [0.4, 0.5) is 0 Å². The van der Waals surface area contributed by atoms with Gasteiger partial charge >= 0.3 is 5.97 Å². The lowest BCUT2D eigenvalue weighted by molar-refractivity contribution is -0.160. The summed E-state index contributed by atoms with van der Waals surface area (Å²) >= 11 is 0. The van der Waals surface area contributed by atoms with E-state index in [1.807, 2.05) is 0 Å². The van der Waals surface area contributed by atoms with Gasteiger partial charge in [-0.15, -0.1) is 0 Å². The van der Waals surface area contributed by atoms with Crippen molar-refractivity contribution in [3.8, 4) is 0 Å². The molecule has 2 N–H and O–H groups in total. The fraction of sp³-hybridized carbons (Fsp3) is 0.941. The van der Waals surface area contributed by atoms with Crippen LogP contribution in [0.15, 0.2) is 0 Å². The van der Waals surface area contributed by atoms with Crippen molar-refractivity contribution >= 4 is 5.97 Å². The Kier molecular flexibility index (Phi) is 5.11. The third kappa shape index (κ3) is 3.75. The number of carbonyl (C=O) groups is 1. The van der Waals surface area contributed by atoms with Crippen molar-refractivity contribution in [1.82, 2.24) is 0 Å². The number of rotatable bonds is 3. The molecule has 3 heteroatoms. The molecule has 0 aromatic rings. The number of esters is 1. The van der Waals surface area contributed by atoms with E-state index in [2.05, 4.69) is 20.8 Å². The standard InChI is InChI=1S/C17H31NO2/c1-4-14-5-7-17(18,8-6-14)16(19)20-15-10-12(2)9-13(3)11-15/h12-15H,4-11,18H2,1-3H3. The molecule has 2 saturated carbocycles. The monoisotopic (exact) mass is 281 g/mol. The van der Waals surface area contributed by atoms with E-state index in [0.29, 0.717) is 11.8 Å². The normalized spacial score (nSPS) is 42.2. The van der Waals surface area contributed by atoms with E-state index in [9.17, 15) is 4.79 Å². The third-order valence-electron chi connectivity index (χ3n) is 5.39. The summed E-state index contributed by atoms with van der Waals surface area (Å²) in [6.45, 7) is 6.72. The van der Waals surface area contributed by atoms with Gasteiger partial charge in [0, 0.05) is 0 Å². The number of hydrogen-bond acceptors (Lipinski definition) is 3. The molecule has 0 aliphatic heterocycles. The summed E-state index contributed by atoms with van der Waals surface area (Å²) in [6.07, 6.45) is 8.27. The Morgan fingerprint density at radius 1 is 1.15 bits per heavy atom. The molecule has 0 heterocycles. The lowest BCUT2D eigenvalue weighted by Crippen LogP contribution is -2.52. The summed E-state index contributed by atoms with van der Waals surface area (Å²) in [4.78, 5) is 12.4. The predicted molar refractivity (Wildman–Crippen MR) is 81.2 cm³/mol. The number of carbonyl (C=O) groups excluding carboxylic acids is 1. The Morgan fingerprint density at radius 2 is 1.70 bits per heavy atom. The summed E-state index contributed by atoms with van der Waals surface area (Å²) < 4.78 is 5.78. The Balaban J connectivity index is 1.88. The lowest BCUT2D eigenvalue weighted by Gasteiger charge is -2.37. The minimum absolute atomic E-state index is 0.0885. The topological polar surface area (TPSA) is 52.3 Å². The van der Waals surface area contributed by atoms with Crippen LogP contribution in [0.25, 0.3) is 0 Å². The number of nitrogens with two attached hydrogens (primary N) is 1. The van der Waals surface area contributed by atoms with E-state index >= 15 is 0 Å². The van der Waals surface area contributed by atoms with Crippen molar-refractivity contribution in [3.05, 3.63) is 0 Å². The van der Waals surface area contributed by atoms with Gasteiger partial charge < -0.3 is 10.5 Å². The van der Waals surface area contributed by atoms with Gasteiger partial charge in [-0.25, -0.2) is 0 Å². The van der Waals surface area contributed by atoms with Crippen molar-refractivity contribution in [2.24, 2.45) is 23.5 Å². The van der Waals surface area contributed by atoms with Gasteiger partial charge in [0.25, 0.3) is 0 Å². The zero-order chi connectivity index (χ0) is 14.8. The van der Waals surface area contributed by atoms with Crippen molar-refractivity contribution < 1.29 is 9.53 Å². The molecule has 0 aromatic carbocycles. The van der Waals surface area contributed by atoms with Crippen LogP contribution < -0.4 is 5.73 Å². The molecule has 2 aliphatic carbocycles. The van der Waals surface area contributed by atoms with Gasteiger partial charge in [0.2, 0.25) is 0 Å². The molecule has 0 aromatic heterocycles. The van der Waals surface area contributed by atoms with Gasteiger partial charge in [0.05, 0.1) is 0 Å². The van der Waals surface area contributed by atoms with E-state index in [4.69, 9.17) is 10.5 Å². The van der Waals surface area contributed by atoms with Crippen molar-refractivity contribution in [2.45, 2.75) is 83.8 Å². The molecule has 2 atom stereocenters. The Morgan fingerprint density at radius 3 is 2.20 bits per heavy atom. The van der Waals surface area contributed by atoms with E-state index in [1.165, 1.54) is 12.8 Å². The van der Waals surface area contributed by atoms with Crippen LogP contribution in [0.3, 0.4) is 0 Å². The van der Waals surface area contributed by atoms with Crippen LogP contribution in [0, 0.1) is 17.8 Å². The quantitative estimate of drug-likeness (QED) is 0.803. The second-order valence-corrected chi connectivity index (χ2v) is 7.45. The summed E-state index contributed by atoms with van der Waals surface area (Å²) in [5.41, 5.74) is 5.62. The van der Waals surface area contributed by atoms with Gasteiger partial charge in [-0.2, -0.15) is 0 Å². The molecule has 2 fully saturated rings. The molecule has 0 saturated heterocycles. The van der Waals surface area contributed by atoms with E-state index in [1.54, 1.807) is 0 Å². The maximum Gasteiger partial charge on any atom is 0.326 e. The summed E-state index contributed by atoms with van der Waals surface area (Å²) in [5.74, 6) is 1.91. The zero-order valence-electron chi connectivity index (χ0n) is 13.4. The van der Waals surface area contributed by atoms with Gasteiger partial charge in [0.15, 0.2) is 0 Å². The van der Waals surface area contributed by atoms with E-state index < -0.39 is 5.54 Å². The first-order chi connectivity index (χ1) is 9.43. The minimum atomic E-state index is -0.713. The molecule has 20 heavy (non-hydrogen) atoms. The van der Waals surface area contributed by atoms with Gasteiger partial charge in [-0.3, -0.25) is 4.79 Å². The van der Waals surface area contributed by atoms with Crippen LogP contribution in [0.5, 0.6) is 0 Å². The highest BCUT2D eigenvalue weighted by Gasteiger charge is 2.41. The second-order valence-electron chi connectivity index (χ2n) is 7.45. The molecule has 116 valence electrons. The number of ether oxygens (including phenoxy) is 1. The van der Waals surface area contributed by atoms with E-state index in [0.717, 1.165) is 44.4 Å². The zero-order valence-corrected chi connectivity index (χ0v) is 13.4. The average molecular weight is 281 g/mol. The molecular weight excluding hydrogens is 250 g/mol. The van der Waals surface area contributed by atoms with E-state index in [-0.39, 0.29) is 12.1 Å². The van der Waals surface area contributed by atoms with Crippen molar-refractivity contribution in [2.75, 3.05) is 0 Å². The molecule has 0 radical (unpaired) electrons. The van der Waals surface area contributed by atoms with Crippen LogP contribution >= 0.6 is 0 Å². The maximum atomic E-state index is 12.4. The van der Waals surface area contributed by atoms with Crippen LogP contribution in [-0.4, -0.2) is 17.6 Å². The largest absolute Gasteiger partial charge is 0.461 e. The smallest absolute Gasteiger partial charge is 0.326 e. The summed E-state index contributed by atoms with van der Waals surface area (Å²) in [5, 5.41) is 0. The maximum absolute atomic E-state index is 12.4. The first-order valence-electron chi connectivity index (χ1n) is 8.43. The molecule has 2 aliphatic rings. The second kappa shape index (κ2) is 6.46. The summed E-state index contributed by atoms with van der Waals surface area (Å²) in [6, 6.07) is 0. The molecule has 0 amide bonds. The van der Waals surface area contributed by atoms with Gasteiger partial charge in [-0.1, -0.05) is 27.2 Å². The minimum Gasteiger partial charge on any atom is -0.461 e. The predicted octanol–water partition coefficient (Wildman–Crippen LogP) is 3.65. The molecule has 0 bridgehead atoms. The van der Waals surface area contributed by atoms with Crippen LogP contribution in [-0.2, 0) is 9.53 Å². The average Bonchev–Trinajstić information content (AvgIpc) is 2.38. The molecular formula is C17H31NO2. The Hall–Kier alpha value is -0.570. The fourth-order valence-electron chi connectivity index (χ4n) is 4.04.